The first kappa shape index (κ1) is 15.0. The van der Waals surface area contributed by atoms with Gasteiger partial charge in [0, 0.05) is 5.56 Å². The number of nitrogens with one attached hydrogen (secondary N) is 1. The number of carbonyl (C=O) groups excluding carboxylic acids is 1. The summed E-state index contributed by atoms with van der Waals surface area (Å²) in [5.41, 5.74) is 0.783. The van der Waals surface area contributed by atoms with Crippen LogP contribution in [0.3, 0.4) is 0 Å². The Morgan fingerprint density at radius 1 is 1.21 bits per heavy atom. The van der Waals surface area contributed by atoms with Crippen molar-refractivity contribution in [3.05, 3.63) is 28.8 Å². The third kappa shape index (κ3) is 3.24. The lowest BCUT2D eigenvalue weighted by Gasteiger charge is -2.21. The number of carboxylic acids is 1. The van der Waals surface area contributed by atoms with Gasteiger partial charge in [0.1, 0.15) is 11.3 Å². The molecule has 0 bridgehead atoms. The molecule has 0 spiro atoms. The molecule has 1 aromatic rings. The molecule has 0 radical (unpaired) electrons. The Morgan fingerprint density at radius 2 is 1.68 bits per heavy atom. The van der Waals surface area contributed by atoms with Crippen molar-refractivity contribution in [3.63, 3.8) is 0 Å². The van der Waals surface area contributed by atoms with Gasteiger partial charge in [0.25, 0.3) is 5.91 Å². The number of ether oxygens (including phenoxy) is 1. The maximum absolute atomic E-state index is 12.1. The predicted octanol–water partition coefficient (Wildman–Crippen LogP) is 1.91. The van der Waals surface area contributed by atoms with E-state index in [-0.39, 0.29) is 0 Å². The lowest BCUT2D eigenvalue weighted by molar-refractivity contribution is -0.143. The molecule has 0 aliphatic rings. The van der Waals surface area contributed by atoms with Crippen molar-refractivity contribution in [1.82, 2.24) is 5.32 Å². The SMILES string of the molecule is COc1c(C)cc(C(=O)NC(C)(C)C(=O)O)cc1C. The highest BCUT2D eigenvalue weighted by Gasteiger charge is 2.29. The lowest BCUT2D eigenvalue weighted by atomic mass is 10.0. The van der Waals surface area contributed by atoms with Crippen LogP contribution in [0.15, 0.2) is 12.1 Å². The van der Waals surface area contributed by atoms with E-state index in [0.717, 1.165) is 16.9 Å². The summed E-state index contributed by atoms with van der Waals surface area (Å²) >= 11 is 0. The Hall–Kier alpha value is -2.04. The maximum Gasteiger partial charge on any atom is 0.328 e. The van der Waals surface area contributed by atoms with Crippen molar-refractivity contribution in [2.75, 3.05) is 7.11 Å². The summed E-state index contributed by atoms with van der Waals surface area (Å²) in [5.74, 6) is -0.766. The average Bonchev–Trinajstić information content (AvgIpc) is 2.27. The van der Waals surface area contributed by atoms with Crippen LogP contribution in [0, 0.1) is 13.8 Å². The third-order valence-electron chi connectivity index (χ3n) is 2.89. The molecule has 1 rings (SSSR count). The summed E-state index contributed by atoms with van der Waals surface area (Å²) in [6, 6.07) is 3.36. The van der Waals surface area contributed by atoms with Crippen molar-refractivity contribution in [2.45, 2.75) is 33.2 Å². The number of carboxylic acid groups (broad SMARTS) is 1. The predicted molar refractivity (Wildman–Crippen MR) is 71.6 cm³/mol. The molecule has 0 saturated heterocycles. The fourth-order valence-electron chi connectivity index (χ4n) is 1.81. The lowest BCUT2D eigenvalue weighted by Crippen LogP contribution is -2.49. The summed E-state index contributed by atoms with van der Waals surface area (Å²) in [6.07, 6.45) is 0. The smallest absolute Gasteiger partial charge is 0.328 e. The van der Waals surface area contributed by atoms with E-state index in [2.05, 4.69) is 5.32 Å². The molecule has 0 heterocycles. The fraction of sp³-hybridized carbons (Fsp3) is 0.429. The van der Waals surface area contributed by atoms with Gasteiger partial charge in [-0.3, -0.25) is 4.79 Å². The average molecular weight is 265 g/mol. The molecular weight excluding hydrogens is 246 g/mol. The second-order valence-electron chi connectivity index (χ2n) is 5.03. The van der Waals surface area contributed by atoms with E-state index >= 15 is 0 Å². The van der Waals surface area contributed by atoms with Gasteiger partial charge in [-0.25, -0.2) is 4.79 Å². The first-order valence-corrected chi connectivity index (χ1v) is 5.90. The Kier molecular flexibility index (Phi) is 4.19. The Balaban J connectivity index is 3.05. The van der Waals surface area contributed by atoms with Crippen LogP contribution in [0.2, 0.25) is 0 Å². The van der Waals surface area contributed by atoms with Crippen LogP contribution >= 0.6 is 0 Å². The van der Waals surface area contributed by atoms with Crippen LogP contribution in [0.4, 0.5) is 0 Å². The fourth-order valence-corrected chi connectivity index (χ4v) is 1.81. The molecule has 0 aliphatic heterocycles. The quantitative estimate of drug-likeness (QED) is 0.872. The van der Waals surface area contributed by atoms with Gasteiger partial charge in [-0.05, 0) is 51.0 Å². The Bertz CT molecular complexity index is 497. The van der Waals surface area contributed by atoms with Gasteiger partial charge in [-0.1, -0.05) is 0 Å². The van der Waals surface area contributed by atoms with Crippen molar-refractivity contribution in [2.24, 2.45) is 0 Å². The number of amides is 1. The van der Waals surface area contributed by atoms with E-state index < -0.39 is 17.4 Å². The highest BCUT2D eigenvalue weighted by molar-refractivity contribution is 5.98. The van der Waals surface area contributed by atoms with Gasteiger partial charge in [0.2, 0.25) is 0 Å². The van der Waals surface area contributed by atoms with Crippen molar-refractivity contribution in [1.29, 1.82) is 0 Å². The number of carbonyl (C=O) groups is 2. The van der Waals surface area contributed by atoms with Crippen LogP contribution in [-0.4, -0.2) is 29.6 Å². The summed E-state index contributed by atoms with van der Waals surface area (Å²) < 4.78 is 5.22. The standard InChI is InChI=1S/C14H19NO4/c1-8-6-10(7-9(2)11(8)19-5)12(16)15-14(3,4)13(17)18/h6-7H,1-5H3,(H,15,16)(H,17,18). The molecule has 0 atom stereocenters. The van der Waals surface area contributed by atoms with Crippen LogP contribution in [0.25, 0.3) is 0 Å². The number of methoxy groups -OCH3 is 1. The number of aliphatic carboxylic acids is 1. The van der Waals surface area contributed by atoms with Crippen LogP contribution in [-0.2, 0) is 4.79 Å². The molecule has 1 amide bonds. The van der Waals surface area contributed by atoms with Gasteiger partial charge >= 0.3 is 5.97 Å². The zero-order valence-electron chi connectivity index (χ0n) is 11.8. The van der Waals surface area contributed by atoms with E-state index in [9.17, 15) is 9.59 Å². The molecule has 5 nitrogen and oxygen atoms in total. The highest BCUT2D eigenvalue weighted by Crippen LogP contribution is 2.24. The molecule has 0 saturated carbocycles. The van der Waals surface area contributed by atoms with Gasteiger partial charge in [-0.15, -0.1) is 0 Å². The highest BCUT2D eigenvalue weighted by atomic mass is 16.5. The van der Waals surface area contributed by atoms with E-state index in [1.54, 1.807) is 19.2 Å². The summed E-state index contributed by atoms with van der Waals surface area (Å²) in [7, 11) is 1.57. The summed E-state index contributed by atoms with van der Waals surface area (Å²) in [5, 5.41) is 11.5. The first-order valence-electron chi connectivity index (χ1n) is 5.90. The minimum absolute atomic E-state index is 0.416. The van der Waals surface area contributed by atoms with Crippen LogP contribution in [0.1, 0.15) is 35.3 Å². The number of benzene rings is 1. The second kappa shape index (κ2) is 5.30. The normalized spacial score (nSPS) is 11.0. The largest absolute Gasteiger partial charge is 0.496 e. The monoisotopic (exact) mass is 265 g/mol. The molecule has 0 unspecified atom stereocenters. The van der Waals surface area contributed by atoms with Gasteiger partial charge in [0.15, 0.2) is 0 Å². The minimum Gasteiger partial charge on any atom is -0.496 e. The Labute approximate surface area is 112 Å². The van der Waals surface area contributed by atoms with Crippen LogP contribution < -0.4 is 10.1 Å². The minimum atomic E-state index is -1.31. The molecule has 1 aromatic carbocycles. The molecular formula is C14H19NO4. The van der Waals surface area contributed by atoms with Gasteiger partial charge in [-0.2, -0.15) is 0 Å². The number of hydrogen-bond acceptors (Lipinski definition) is 3. The van der Waals surface area contributed by atoms with Gasteiger partial charge in [0.05, 0.1) is 7.11 Å². The molecule has 0 fully saturated rings. The molecule has 0 aliphatic carbocycles. The number of aryl methyl sites for hydroxylation is 2. The van der Waals surface area contributed by atoms with E-state index in [4.69, 9.17) is 9.84 Å². The third-order valence-corrected chi connectivity index (χ3v) is 2.89. The first-order chi connectivity index (χ1) is 8.69. The van der Waals surface area contributed by atoms with E-state index in [1.165, 1.54) is 13.8 Å². The van der Waals surface area contributed by atoms with E-state index in [0.29, 0.717) is 5.56 Å². The molecule has 104 valence electrons. The number of hydrogen-bond donors (Lipinski definition) is 2. The van der Waals surface area contributed by atoms with Crippen molar-refractivity contribution < 1.29 is 19.4 Å². The molecule has 5 heteroatoms. The van der Waals surface area contributed by atoms with Gasteiger partial charge < -0.3 is 15.2 Å². The summed E-state index contributed by atoms with van der Waals surface area (Å²) in [6.45, 7) is 6.56. The summed E-state index contributed by atoms with van der Waals surface area (Å²) in [4.78, 5) is 23.0. The Morgan fingerprint density at radius 3 is 2.05 bits per heavy atom. The zero-order valence-corrected chi connectivity index (χ0v) is 11.8. The molecule has 2 N–H and O–H groups in total. The van der Waals surface area contributed by atoms with E-state index in [1.807, 2.05) is 13.8 Å². The molecule has 19 heavy (non-hydrogen) atoms. The number of rotatable bonds is 4. The van der Waals surface area contributed by atoms with Crippen molar-refractivity contribution >= 4 is 11.9 Å². The zero-order chi connectivity index (χ0) is 14.8. The second-order valence-corrected chi connectivity index (χ2v) is 5.03. The topological polar surface area (TPSA) is 75.6 Å². The van der Waals surface area contributed by atoms with Crippen molar-refractivity contribution in [3.8, 4) is 5.75 Å². The molecule has 0 aromatic heterocycles. The maximum atomic E-state index is 12.1. The van der Waals surface area contributed by atoms with Crippen LogP contribution in [0.5, 0.6) is 5.75 Å².